The van der Waals surface area contributed by atoms with Crippen LogP contribution in [0.25, 0.3) is 0 Å². The van der Waals surface area contributed by atoms with E-state index in [4.69, 9.17) is 0 Å². The number of likely N-dealkylation sites (N-methyl/N-ethyl adjacent to an activating group) is 2. The first-order chi connectivity index (χ1) is 8.99. The van der Waals surface area contributed by atoms with Crippen molar-refractivity contribution in [3.63, 3.8) is 0 Å². The number of anilines is 1. The van der Waals surface area contributed by atoms with E-state index in [1.807, 2.05) is 43.1 Å². The molecule has 1 aliphatic carbocycles. The van der Waals surface area contributed by atoms with E-state index >= 15 is 0 Å². The second-order valence-corrected chi connectivity index (χ2v) is 5.49. The summed E-state index contributed by atoms with van der Waals surface area (Å²) in [6.07, 6.45) is 1.99. The van der Waals surface area contributed by atoms with E-state index in [1.54, 1.807) is 7.05 Å². The Balaban J connectivity index is 2.17. The Morgan fingerprint density at radius 3 is 2.42 bits per heavy atom. The average Bonchev–Trinajstić information content (AvgIpc) is 3.20. The molecule has 0 amide bonds. The third kappa shape index (κ3) is 2.73. The number of carboxylic acid groups (broad SMARTS) is 1. The Kier molecular flexibility index (Phi) is 3.80. The molecule has 19 heavy (non-hydrogen) atoms. The van der Waals surface area contributed by atoms with Crippen LogP contribution in [0.1, 0.15) is 18.4 Å². The van der Waals surface area contributed by atoms with E-state index in [1.165, 1.54) is 5.56 Å². The zero-order valence-corrected chi connectivity index (χ0v) is 11.8. The van der Waals surface area contributed by atoms with E-state index < -0.39 is 11.5 Å². The van der Waals surface area contributed by atoms with Gasteiger partial charge in [0.25, 0.3) is 0 Å². The third-order valence-electron chi connectivity index (χ3n) is 4.06. The average molecular weight is 262 g/mol. The van der Waals surface area contributed by atoms with Gasteiger partial charge in [-0.2, -0.15) is 0 Å². The largest absolute Gasteiger partial charge is 0.480 e. The van der Waals surface area contributed by atoms with Crippen molar-refractivity contribution >= 4 is 11.7 Å². The number of aliphatic carboxylic acids is 1. The lowest BCUT2D eigenvalue weighted by molar-refractivity contribution is -0.145. The molecule has 0 bridgehead atoms. The maximum absolute atomic E-state index is 11.7. The van der Waals surface area contributed by atoms with Gasteiger partial charge in [0.2, 0.25) is 0 Å². The summed E-state index contributed by atoms with van der Waals surface area (Å²) in [5.74, 6) is -0.514. The molecule has 0 aliphatic heterocycles. The summed E-state index contributed by atoms with van der Waals surface area (Å²) < 4.78 is 0. The smallest absolute Gasteiger partial charge is 0.326 e. The number of aryl methyl sites for hydroxylation is 1. The predicted octanol–water partition coefficient (Wildman–Crippen LogP) is 1.88. The van der Waals surface area contributed by atoms with Gasteiger partial charge in [0.15, 0.2) is 0 Å². The number of benzene rings is 1. The maximum atomic E-state index is 11.7. The standard InChI is InChI=1S/C15H22N2O2/c1-11-4-8-13(9-5-11)17(3)10-15(16-2,14(18)19)12-6-7-12/h4-5,8-9,12,16H,6-7,10H2,1-3H3,(H,18,19). The normalized spacial score (nSPS) is 17.8. The number of hydrogen-bond acceptors (Lipinski definition) is 3. The zero-order chi connectivity index (χ0) is 14.0. The molecule has 1 aromatic rings. The number of carboxylic acids is 1. The van der Waals surface area contributed by atoms with Gasteiger partial charge < -0.3 is 15.3 Å². The quantitative estimate of drug-likeness (QED) is 0.822. The van der Waals surface area contributed by atoms with Crippen molar-refractivity contribution in [3.8, 4) is 0 Å². The molecular weight excluding hydrogens is 240 g/mol. The molecule has 1 saturated carbocycles. The van der Waals surface area contributed by atoms with Gasteiger partial charge in [0, 0.05) is 19.3 Å². The second kappa shape index (κ2) is 5.21. The highest BCUT2D eigenvalue weighted by atomic mass is 16.4. The van der Waals surface area contributed by atoms with Gasteiger partial charge in [0.1, 0.15) is 5.54 Å². The minimum atomic E-state index is -0.834. The zero-order valence-electron chi connectivity index (χ0n) is 11.8. The molecule has 1 unspecified atom stereocenters. The molecule has 0 saturated heterocycles. The highest BCUT2D eigenvalue weighted by molar-refractivity contribution is 5.81. The van der Waals surface area contributed by atoms with Crippen LogP contribution in [0.5, 0.6) is 0 Å². The van der Waals surface area contributed by atoms with Crippen molar-refractivity contribution in [1.82, 2.24) is 5.32 Å². The summed E-state index contributed by atoms with van der Waals surface area (Å²) in [5.41, 5.74) is 1.42. The monoisotopic (exact) mass is 262 g/mol. The van der Waals surface area contributed by atoms with Gasteiger partial charge in [-0.3, -0.25) is 4.79 Å². The van der Waals surface area contributed by atoms with Crippen molar-refractivity contribution in [2.45, 2.75) is 25.3 Å². The van der Waals surface area contributed by atoms with Gasteiger partial charge in [-0.05, 0) is 44.9 Å². The van der Waals surface area contributed by atoms with Crippen molar-refractivity contribution in [1.29, 1.82) is 0 Å². The van der Waals surface area contributed by atoms with Crippen LogP contribution < -0.4 is 10.2 Å². The maximum Gasteiger partial charge on any atom is 0.326 e. The topological polar surface area (TPSA) is 52.6 Å². The van der Waals surface area contributed by atoms with E-state index in [0.29, 0.717) is 6.54 Å². The molecule has 1 aliphatic rings. The highest BCUT2D eigenvalue weighted by Crippen LogP contribution is 2.40. The van der Waals surface area contributed by atoms with Crippen LogP contribution in [0.2, 0.25) is 0 Å². The Labute approximate surface area is 114 Å². The van der Waals surface area contributed by atoms with E-state index in [9.17, 15) is 9.90 Å². The first-order valence-corrected chi connectivity index (χ1v) is 6.69. The van der Waals surface area contributed by atoms with Crippen LogP contribution in [0, 0.1) is 12.8 Å². The summed E-state index contributed by atoms with van der Waals surface area (Å²) >= 11 is 0. The van der Waals surface area contributed by atoms with Crippen molar-refractivity contribution in [2.24, 2.45) is 5.92 Å². The summed E-state index contributed by atoms with van der Waals surface area (Å²) in [4.78, 5) is 13.7. The van der Waals surface area contributed by atoms with Crippen LogP contribution in [0.15, 0.2) is 24.3 Å². The highest BCUT2D eigenvalue weighted by Gasteiger charge is 2.50. The minimum absolute atomic E-state index is 0.239. The number of nitrogens with one attached hydrogen (secondary N) is 1. The van der Waals surface area contributed by atoms with Gasteiger partial charge >= 0.3 is 5.97 Å². The van der Waals surface area contributed by atoms with Crippen LogP contribution in [0.3, 0.4) is 0 Å². The van der Waals surface area contributed by atoms with Crippen LogP contribution in [-0.4, -0.2) is 37.3 Å². The first-order valence-electron chi connectivity index (χ1n) is 6.69. The van der Waals surface area contributed by atoms with Gasteiger partial charge in [-0.15, -0.1) is 0 Å². The first kappa shape index (κ1) is 13.9. The Hall–Kier alpha value is -1.55. The Bertz CT molecular complexity index is 454. The van der Waals surface area contributed by atoms with Crippen LogP contribution in [0.4, 0.5) is 5.69 Å². The van der Waals surface area contributed by atoms with Crippen molar-refractivity contribution in [3.05, 3.63) is 29.8 Å². The lowest BCUT2D eigenvalue weighted by atomic mass is 9.92. The number of nitrogens with zero attached hydrogens (tertiary/aromatic N) is 1. The molecule has 0 spiro atoms. The van der Waals surface area contributed by atoms with Gasteiger partial charge in [-0.25, -0.2) is 0 Å². The lowest BCUT2D eigenvalue weighted by Crippen LogP contribution is -2.59. The van der Waals surface area contributed by atoms with E-state index in [0.717, 1.165) is 18.5 Å². The molecule has 0 aromatic heterocycles. The molecule has 104 valence electrons. The Morgan fingerprint density at radius 1 is 1.42 bits per heavy atom. The summed E-state index contributed by atoms with van der Waals surface area (Å²) in [6, 6.07) is 8.16. The molecule has 4 heteroatoms. The van der Waals surface area contributed by atoms with E-state index in [-0.39, 0.29) is 5.92 Å². The van der Waals surface area contributed by atoms with Crippen molar-refractivity contribution in [2.75, 3.05) is 25.5 Å². The summed E-state index contributed by atoms with van der Waals surface area (Å²) in [7, 11) is 3.69. The predicted molar refractivity (Wildman–Crippen MR) is 76.6 cm³/mol. The number of hydrogen-bond donors (Lipinski definition) is 2. The van der Waals surface area contributed by atoms with Crippen molar-refractivity contribution < 1.29 is 9.90 Å². The van der Waals surface area contributed by atoms with Gasteiger partial charge in [-0.1, -0.05) is 17.7 Å². The Morgan fingerprint density at radius 2 is 2.00 bits per heavy atom. The molecule has 1 atom stereocenters. The van der Waals surface area contributed by atoms with Crippen LogP contribution >= 0.6 is 0 Å². The molecule has 1 aromatic carbocycles. The van der Waals surface area contributed by atoms with Crippen LogP contribution in [-0.2, 0) is 4.79 Å². The fourth-order valence-corrected chi connectivity index (χ4v) is 2.60. The fraction of sp³-hybridized carbons (Fsp3) is 0.533. The van der Waals surface area contributed by atoms with E-state index in [2.05, 4.69) is 5.32 Å². The minimum Gasteiger partial charge on any atom is -0.480 e. The summed E-state index contributed by atoms with van der Waals surface area (Å²) in [6.45, 7) is 2.52. The molecule has 0 heterocycles. The second-order valence-electron chi connectivity index (χ2n) is 5.49. The molecule has 0 radical (unpaired) electrons. The lowest BCUT2D eigenvalue weighted by Gasteiger charge is -2.34. The molecule has 2 rings (SSSR count). The molecule has 4 nitrogen and oxygen atoms in total. The number of carbonyl (C=O) groups is 1. The number of rotatable bonds is 6. The molecule has 1 fully saturated rings. The molecular formula is C15H22N2O2. The summed E-state index contributed by atoms with van der Waals surface area (Å²) in [5, 5.41) is 12.6. The fourth-order valence-electron chi connectivity index (χ4n) is 2.60. The SMILES string of the molecule is CNC(CN(C)c1ccc(C)cc1)(C(=O)O)C1CC1. The van der Waals surface area contributed by atoms with Gasteiger partial charge in [0.05, 0.1) is 0 Å². The molecule has 2 N–H and O–H groups in total. The third-order valence-corrected chi connectivity index (χ3v) is 4.06.